The first-order valence-electron chi connectivity index (χ1n) is 6.77. The first-order valence-corrected chi connectivity index (χ1v) is 6.77. The molecule has 1 aromatic carbocycles. The lowest BCUT2D eigenvalue weighted by molar-refractivity contribution is 0.510. The molecule has 21 heavy (non-hydrogen) atoms. The summed E-state index contributed by atoms with van der Waals surface area (Å²) in [6, 6.07) is 4.10. The molecule has 0 fully saturated rings. The smallest absolute Gasteiger partial charge is 0.168 e. The highest BCUT2D eigenvalue weighted by Crippen LogP contribution is 2.31. The van der Waals surface area contributed by atoms with Gasteiger partial charge in [0, 0.05) is 23.6 Å². The van der Waals surface area contributed by atoms with Crippen molar-refractivity contribution >= 4 is 5.82 Å². The van der Waals surface area contributed by atoms with E-state index in [1.165, 1.54) is 12.1 Å². The Morgan fingerprint density at radius 3 is 2.33 bits per heavy atom. The molecule has 0 atom stereocenters. The van der Waals surface area contributed by atoms with Crippen LogP contribution in [0.25, 0.3) is 11.3 Å². The summed E-state index contributed by atoms with van der Waals surface area (Å²) >= 11 is 0. The zero-order valence-corrected chi connectivity index (χ0v) is 12.9. The Bertz CT molecular complexity index is 676. The van der Waals surface area contributed by atoms with Crippen molar-refractivity contribution in [2.24, 2.45) is 0 Å². The third-order valence-corrected chi connectivity index (χ3v) is 3.26. The molecule has 0 amide bonds. The molecule has 0 saturated carbocycles. The van der Waals surface area contributed by atoms with Crippen LogP contribution in [-0.2, 0) is 5.41 Å². The van der Waals surface area contributed by atoms with Crippen LogP contribution in [0.2, 0.25) is 0 Å². The average molecular weight is 291 g/mol. The minimum atomic E-state index is -0.888. The molecule has 0 bridgehead atoms. The van der Waals surface area contributed by atoms with Crippen molar-refractivity contribution in [2.75, 3.05) is 12.4 Å². The van der Waals surface area contributed by atoms with Crippen LogP contribution in [0, 0.1) is 18.6 Å². The van der Waals surface area contributed by atoms with Crippen LogP contribution in [0.1, 0.15) is 32.2 Å². The third kappa shape index (κ3) is 2.86. The molecule has 5 heteroatoms. The van der Waals surface area contributed by atoms with E-state index in [2.05, 4.69) is 15.3 Å². The molecule has 2 rings (SSSR count). The van der Waals surface area contributed by atoms with E-state index in [1.807, 2.05) is 20.8 Å². The fourth-order valence-corrected chi connectivity index (χ4v) is 2.04. The first kappa shape index (κ1) is 15.4. The van der Waals surface area contributed by atoms with Crippen molar-refractivity contribution in [3.8, 4) is 11.3 Å². The van der Waals surface area contributed by atoms with Gasteiger partial charge in [0.05, 0.1) is 5.69 Å². The van der Waals surface area contributed by atoms with E-state index in [0.717, 1.165) is 6.07 Å². The second-order valence-electron chi connectivity index (χ2n) is 5.97. The van der Waals surface area contributed by atoms with Crippen molar-refractivity contribution in [3.05, 3.63) is 41.2 Å². The van der Waals surface area contributed by atoms with E-state index in [-0.39, 0.29) is 11.0 Å². The maximum atomic E-state index is 14.1. The Morgan fingerprint density at radius 1 is 1.10 bits per heavy atom. The molecule has 112 valence electrons. The van der Waals surface area contributed by atoms with Crippen LogP contribution < -0.4 is 5.32 Å². The van der Waals surface area contributed by atoms with Crippen LogP contribution in [0.3, 0.4) is 0 Å². The van der Waals surface area contributed by atoms with E-state index in [1.54, 1.807) is 14.0 Å². The zero-order chi connectivity index (χ0) is 15.8. The number of benzene rings is 1. The molecule has 1 N–H and O–H groups in total. The van der Waals surface area contributed by atoms with Gasteiger partial charge in [-0.3, -0.25) is 0 Å². The van der Waals surface area contributed by atoms with Gasteiger partial charge in [0.1, 0.15) is 11.6 Å². The normalized spacial score (nSPS) is 11.6. The van der Waals surface area contributed by atoms with E-state index < -0.39 is 11.6 Å². The molecular formula is C16H19F2N3. The summed E-state index contributed by atoms with van der Waals surface area (Å²) in [5.74, 6) is -0.570. The van der Waals surface area contributed by atoms with Crippen LogP contribution in [-0.4, -0.2) is 17.0 Å². The lowest BCUT2D eigenvalue weighted by atomic mass is 9.94. The van der Waals surface area contributed by atoms with Gasteiger partial charge in [-0.05, 0) is 19.1 Å². The summed E-state index contributed by atoms with van der Waals surface area (Å²) in [6.07, 6.45) is 0. The summed E-state index contributed by atoms with van der Waals surface area (Å²) in [7, 11) is 1.74. The van der Waals surface area contributed by atoms with Gasteiger partial charge in [0.2, 0.25) is 0 Å². The molecule has 3 nitrogen and oxygen atoms in total. The van der Waals surface area contributed by atoms with Gasteiger partial charge in [0.15, 0.2) is 11.6 Å². The molecule has 1 aromatic heterocycles. The van der Waals surface area contributed by atoms with Gasteiger partial charge < -0.3 is 5.32 Å². The molecule has 0 spiro atoms. The minimum Gasteiger partial charge on any atom is -0.373 e. The van der Waals surface area contributed by atoms with E-state index >= 15 is 0 Å². The SMILES string of the molecule is CNc1nc(C(C)(C)C)nc(-c2cccc(F)c2F)c1C. The van der Waals surface area contributed by atoms with Gasteiger partial charge in [-0.1, -0.05) is 26.8 Å². The number of aromatic nitrogens is 2. The number of nitrogens with one attached hydrogen (secondary N) is 1. The third-order valence-electron chi connectivity index (χ3n) is 3.26. The van der Waals surface area contributed by atoms with Crippen molar-refractivity contribution in [1.29, 1.82) is 0 Å². The Kier molecular flexibility index (Phi) is 3.94. The quantitative estimate of drug-likeness (QED) is 0.906. The van der Waals surface area contributed by atoms with Gasteiger partial charge in [0.25, 0.3) is 0 Å². The lowest BCUT2D eigenvalue weighted by Crippen LogP contribution is -2.18. The van der Waals surface area contributed by atoms with Crippen molar-refractivity contribution in [2.45, 2.75) is 33.1 Å². The second-order valence-corrected chi connectivity index (χ2v) is 5.97. The molecule has 0 radical (unpaired) electrons. The molecule has 0 unspecified atom stereocenters. The summed E-state index contributed by atoms with van der Waals surface area (Å²) in [4.78, 5) is 8.93. The van der Waals surface area contributed by atoms with Crippen LogP contribution in [0.4, 0.5) is 14.6 Å². The second kappa shape index (κ2) is 5.39. The number of nitrogens with zero attached hydrogens (tertiary/aromatic N) is 2. The molecule has 1 heterocycles. The van der Waals surface area contributed by atoms with Crippen molar-refractivity contribution in [1.82, 2.24) is 9.97 Å². The van der Waals surface area contributed by atoms with E-state index in [0.29, 0.717) is 22.9 Å². The van der Waals surface area contributed by atoms with E-state index in [4.69, 9.17) is 0 Å². The number of hydrogen-bond donors (Lipinski definition) is 1. The summed E-state index contributed by atoms with van der Waals surface area (Å²) in [5, 5.41) is 2.98. The maximum absolute atomic E-state index is 14.1. The fourth-order valence-electron chi connectivity index (χ4n) is 2.04. The monoisotopic (exact) mass is 291 g/mol. The van der Waals surface area contributed by atoms with E-state index in [9.17, 15) is 8.78 Å². The highest BCUT2D eigenvalue weighted by molar-refractivity contribution is 5.68. The van der Waals surface area contributed by atoms with Gasteiger partial charge in [-0.15, -0.1) is 0 Å². The van der Waals surface area contributed by atoms with Crippen LogP contribution in [0.15, 0.2) is 18.2 Å². The first-order chi connectivity index (χ1) is 9.75. The Hall–Kier alpha value is -2.04. The summed E-state index contributed by atoms with van der Waals surface area (Å²) in [5.41, 5.74) is 0.959. The largest absolute Gasteiger partial charge is 0.373 e. The Morgan fingerprint density at radius 2 is 1.76 bits per heavy atom. The Balaban J connectivity index is 2.76. The van der Waals surface area contributed by atoms with Crippen LogP contribution in [0.5, 0.6) is 0 Å². The number of hydrogen-bond acceptors (Lipinski definition) is 3. The highest BCUT2D eigenvalue weighted by atomic mass is 19.2. The molecule has 0 saturated heterocycles. The van der Waals surface area contributed by atoms with Gasteiger partial charge in [-0.25, -0.2) is 18.7 Å². The maximum Gasteiger partial charge on any atom is 0.168 e. The summed E-state index contributed by atoms with van der Waals surface area (Å²) in [6.45, 7) is 7.71. The van der Waals surface area contributed by atoms with Gasteiger partial charge >= 0.3 is 0 Å². The molecule has 0 aliphatic rings. The summed E-state index contributed by atoms with van der Waals surface area (Å²) < 4.78 is 27.6. The van der Waals surface area contributed by atoms with Crippen molar-refractivity contribution < 1.29 is 8.78 Å². The molecular weight excluding hydrogens is 272 g/mol. The highest BCUT2D eigenvalue weighted by Gasteiger charge is 2.23. The number of anilines is 1. The average Bonchev–Trinajstić information content (AvgIpc) is 2.41. The van der Waals surface area contributed by atoms with Crippen LogP contribution >= 0.6 is 0 Å². The minimum absolute atomic E-state index is 0.150. The molecule has 0 aliphatic heterocycles. The predicted molar refractivity (Wildman–Crippen MR) is 80.4 cm³/mol. The van der Waals surface area contributed by atoms with Crippen molar-refractivity contribution in [3.63, 3.8) is 0 Å². The zero-order valence-electron chi connectivity index (χ0n) is 12.9. The standard InChI is InChI=1S/C16H19F2N3/c1-9-13(10-7-6-8-11(17)12(10)18)20-15(16(2,3)4)21-14(9)19-5/h6-8H,1-5H3,(H,19,20,21). The Labute approximate surface area is 123 Å². The molecule has 2 aromatic rings. The predicted octanol–water partition coefficient (Wildman–Crippen LogP) is 4.07. The number of halogens is 2. The fraction of sp³-hybridized carbons (Fsp3) is 0.375. The topological polar surface area (TPSA) is 37.8 Å². The van der Waals surface area contributed by atoms with Gasteiger partial charge in [-0.2, -0.15) is 0 Å². The lowest BCUT2D eigenvalue weighted by Gasteiger charge is -2.20. The number of rotatable bonds is 2. The molecule has 0 aliphatic carbocycles.